The fraction of sp³-hybridized carbons (Fsp3) is 0.143. The molecule has 0 aliphatic carbocycles. The number of benzene rings is 2. The van der Waals surface area contributed by atoms with E-state index in [0.29, 0.717) is 5.56 Å². The van der Waals surface area contributed by atoms with Gasteiger partial charge in [-0.25, -0.2) is 8.42 Å². The average molecular weight is 341 g/mol. The first-order valence-corrected chi connectivity index (χ1v) is 8.11. The molecule has 0 heterocycles. The molecule has 116 valence electrons. The number of nitro groups is 1. The van der Waals surface area contributed by atoms with Crippen LogP contribution in [0.15, 0.2) is 41.3 Å². The van der Waals surface area contributed by atoms with Crippen LogP contribution in [-0.4, -0.2) is 13.3 Å². The van der Waals surface area contributed by atoms with Crippen LogP contribution in [0.2, 0.25) is 5.02 Å². The lowest BCUT2D eigenvalue weighted by Gasteiger charge is -2.11. The van der Waals surface area contributed by atoms with Crippen LogP contribution in [0.4, 0.5) is 11.4 Å². The smallest absolute Gasteiger partial charge is 0.273 e. The van der Waals surface area contributed by atoms with Gasteiger partial charge < -0.3 is 0 Å². The molecule has 0 aromatic heterocycles. The number of nitro benzene ring substituents is 1. The minimum Gasteiger partial charge on any atom is -0.273 e. The summed E-state index contributed by atoms with van der Waals surface area (Å²) in [7, 11) is -3.92. The van der Waals surface area contributed by atoms with Gasteiger partial charge in [0.1, 0.15) is 5.69 Å². The van der Waals surface area contributed by atoms with Crippen LogP contribution in [0.25, 0.3) is 0 Å². The fourth-order valence-electron chi connectivity index (χ4n) is 1.91. The molecule has 0 atom stereocenters. The molecule has 22 heavy (non-hydrogen) atoms. The Balaban J connectivity index is 2.50. The summed E-state index contributed by atoms with van der Waals surface area (Å²) in [5.41, 5.74) is 0.804. The largest absolute Gasteiger partial charge is 0.295 e. The molecule has 2 aromatic carbocycles. The second-order valence-corrected chi connectivity index (χ2v) is 6.91. The topological polar surface area (TPSA) is 89.3 Å². The highest BCUT2D eigenvalue weighted by Crippen LogP contribution is 2.33. The normalized spacial score (nSPS) is 11.2. The number of aryl methyl sites for hydroxylation is 2. The highest BCUT2D eigenvalue weighted by Gasteiger charge is 2.23. The standard InChI is InChI=1S/C14H13ClN2O4S/c1-9-3-5-12(6-4-9)22(20,21)16-14-10(2)7-11(15)8-13(14)17(18)19/h3-8,16H,1-2H3. The highest BCUT2D eigenvalue weighted by molar-refractivity contribution is 7.92. The third-order valence-corrected chi connectivity index (χ3v) is 4.63. The summed E-state index contributed by atoms with van der Waals surface area (Å²) in [5, 5.41) is 11.3. The van der Waals surface area contributed by atoms with Crippen LogP contribution in [-0.2, 0) is 10.0 Å². The molecular formula is C14H13ClN2O4S. The first kappa shape index (κ1) is 16.3. The molecule has 0 spiro atoms. The van der Waals surface area contributed by atoms with Gasteiger partial charge in [-0.15, -0.1) is 0 Å². The van der Waals surface area contributed by atoms with Gasteiger partial charge in [0, 0.05) is 11.1 Å². The zero-order valence-corrected chi connectivity index (χ0v) is 13.4. The third-order valence-electron chi connectivity index (χ3n) is 3.04. The van der Waals surface area contributed by atoms with Crippen LogP contribution in [0.1, 0.15) is 11.1 Å². The van der Waals surface area contributed by atoms with E-state index in [0.717, 1.165) is 11.6 Å². The van der Waals surface area contributed by atoms with Gasteiger partial charge in [-0.05, 0) is 37.6 Å². The van der Waals surface area contributed by atoms with Crippen LogP contribution >= 0.6 is 11.6 Å². The fourth-order valence-corrected chi connectivity index (χ4v) is 3.33. The van der Waals surface area contributed by atoms with Crippen molar-refractivity contribution in [3.63, 3.8) is 0 Å². The van der Waals surface area contributed by atoms with Crippen molar-refractivity contribution in [2.24, 2.45) is 0 Å². The maximum absolute atomic E-state index is 12.4. The number of hydrogen-bond donors (Lipinski definition) is 1. The number of sulfonamides is 1. The van der Waals surface area contributed by atoms with Gasteiger partial charge in [0.05, 0.1) is 9.82 Å². The van der Waals surface area contributed by atoms with Gasteiger partial charge in [-0.1, -0.05) is 29.3 Å². The van der Waals surface area contributed by atoms with E-state index < -0.39 is 14.9 Å². The maximum atomic E-state index is 12.4. The van der Waals surface area contributed by atoms with E-state index in [9.17, 15) is 18.5 Å². The molecule has 0 fully saturated rings. The molecule has 0 amide bonds. The van der Waals surface area contributed by atoms with E-state index in [1.807, 2.05) is 6.92 Å². The van der Waals surface area contributed by atoms with E-state index in [2.05, 4.69) is 4.72 Å². The van der Waals surface area contributed by atoms with Gasteiger partial charge in [-0.3, -0.25) is 14.8 Å². The molecule has 0 saturated heterocycles. The van der Waals surface area contributed by atoms with E-state index in [1.54, 1.807) is 19.1 Å². The molecule has 2 aromatic rings. The van der Waals surface area contributed by atoms with E-state index in [1.165, 1.54) is 18.2 Å². The van der Waals surface area contributed by atoms with Crippen molar-refractivity contribution in [3.05, 3.63) is 62.7 Å². The number of anilines is 1. The van der Waals surface area contributed by atoms with Gasteiger partial charge in [0.25, 0.3) is 15.7 Å². The molecule has 0 unspecified atom stereocenters. The molecule has 6 nitrogen and oxygen atoms in total. The summed E-state index contributed by atoms with van der Waals surface area (Å²) in [6.07, 6.45) is 0. The molecular weight excluding hydrogens is 328 g/mol. The molecule has 0 radical (unpaired) electrons. The summed E-state index contributed by atoms with van der Waals surface area (Å²) >= 11 is 5.79. The van der Waals surface area contributed by atoms with Crippen molar-refractivity contribution in [2.45, 2.75) is 18.7 Å². The second kappa shape index (κ2) is 5.94. The van der Waals surface area contributed by atoms with E-state index in [-0.39, 0.29) is 21.3 Å². The zero-order valence-electron chi connectivity index (χ0n) is 11.8. The molecule has 0 aliphatic heterocycles. The molecule has 8 heteroatoms. The van der Waals surface area contributed by atoms with E-state index in [4.69, 9.17) is 11.6 Å². The summed E-state index contributed by atoms with van der Waals surface area (Å²) in [4.78, 5) is 10.5. The van der Waals surface area contributed by atoms with Crippen LogP contribution in [0.5, 0.6) is 0 Å². The minimum atomic E-state index is -3.92. The lowest BCUT2D eigenvalue weighted by atomic mass is 10.2. The molecule has 1 N–H and O–H groups in total. The second-order valence-electron chi connectivity index (χ2n) is 4.79. The molecule has 2 rings (SSSR count). The monoisotopic (exact) mass is 340 g/mol. The predicted molar refractivity (Wildman–Crippen MR) is 84.8 cm³/mol. The summed E-state index contributed by atoms with van der Waals surface area (Å²) in [5.74, 6) is 0. The predicted octanol–water partition coefficient (Wildman–Crippen LogP) is 3.67. The van der Waals surface area contributed by atoms with Crippen LogP contribution < -0.4 is 4.72 Å². The Morgan fingerprint density at radius 3 is 2.27 bits per heavy atom. The summed E-state index contributed by atoms with van der Waals surface area (Å²) < 4.78 is 27.0. The number of halogens is 1. The van der Waals surface area contributed by atoms with Crippen LogP contribution in [0, 0.1) is 24.0 Å². The van der Waals surface area contributed by atoms with Gasteiger partial charge in [-0.2, -0.15) is 0 Å². The van der Waals surface area contributed by atoms with Crippen molar-refractivity contribution in [1.29, 1.82) is 0 Å². The molecule has 0 aliphatic rings. The van der Waals surface area contributed by atoms with Gasteiger partial charge in [0.15, 0.2) is 0 Å². The first-order chi connectivity index (χ1) is 10.2. The van der Waals surface area contributed by atoms with E-state index >= 15 is 0 Å². The van der Waals surface area contributed by atoms with Crippen molar-refractivity contribution in [2.75, 3.05) is 4.72 Å². The Kier molecular flexibility index (Phi) is 4.39. The maximum Gasteiger partial charge on any atom is 0.295 e. The first-order valence-electron chi connectivity index (χ1n) is 6.25. The van der Waals surface area contributed by atoms with Crippen molar-refractivity contribution >= 4 is 33.0 Å². The van der Waals surface area contributed by atoms with Crippen molar-refractivity contribution in [1.82, 2.24) is 0 Å². The number of nitrogens with one attached hydrogen (secondary N) is 1. The SMILES string of the molecule is Cc1ccc(S(=O)(=O)Nc2c(C)cc(Cl)cc2[N+](=O)[O-])cc1. The van der Waals surface area contributed by atoms with Crippen molar-refractivity contribution < 1.29 is 13.3 Å². The minimum absolute atomic E-state index is 0.0294. The Morgan fingerprint density at radius 1 is 1.14 bits per heavy atom. The molecule has 0 bridgehead atoms. The highest BCUT2D eigenvalue weighted by atomic mass is 35.5. The van der Waals surface area contributed by atoms with Gasteiger partial charge in [0.2, 0.25) is 0 Å². The Bertz CT molecular complexity index is 833. The quantitative estimate of drug-likeness (QED) is 0.679. The number of rotatable bonds is 4. The Morgan fingerprint density at radius 2 is 1.73 bits per heavy atom. The number of hydrogen-bond acceptors (Lipinski definition) is 4. The lowest BCUT2D eigenvalue weighted by molar-refractivity contribution is -0.383. The van der Waals surface area contributed by atoms with Crippen LogP contribution in [0.3, 0.4) is 0 Å². The Hall–Kier alpha value is -2.12. The van der Waals surface area contributed by atoms with Crippen molar-refractivity contribution in [3.8, 4) is 0 Å². The number of nitrogens with zero attached hydrogens (tertiary/aromatic N) is 1. The average Bonchev–Trinajstić information content (AvgIpc) is 2.41. The summed E-state index contributed by atoms with van der Waals surface area (Å²) in [6.45, 7) is 3.38. The van der Waals surface area contributed by atoms with Gasteiger partial charge >= 0.3 is 0 Å². The molecule has 0 saturated carbocycles. The zero-order chi connectivity index (χ0) is 16.5. The third kappa shape index (κ3) is 3.37. The Labute approximate surface area is 132 Å². The summed E-state index contributed by atoms with van der Waals surface area (Å²) in [6, 6.07) is 8.75. The lowest BCUT2D eigenvalue weighted by Crippen LogP contribution is -2.15.